The third-order valence-corrected chi connectivity index (χ3v) is 6.02. The van der Waals surface area contributed by atoms with E-state index < -0.39 is 0 Å². The fourth-order valence-corrected chi connectivity index (χ4v) is 4.27. The van der Waals surface area contributed by atoms with Crippen molar-refractivity contribution in [2.75, 3.05) is 13.1 Å². The van der Waals surface area contributed by atoms with E-state index in [1.54, 1.807) is 0 Å². The van der Waals surface area contributed by atoms with Crippen LogP contribution in [0.25, 0.3) is 5.65 Å². The summed E-state index contributed by atoms with van der Waals surface area (Å²) in [6, 6.07) is 16.5. The van der Waals surface area contributed by atoms with E-state index in [1.165, 1.54) is 18.4 Å². The number of amides is 2. The number of hydrogen-bond acceptors (Lipinski definition) is 3. The molecule has 1 N–H and O–H groups in total. The van der Waals surface area contributed by atoms with Crippen LogP contribution in [-0.4, -0.2) is 38.6 Å². The summed E-state index contributed by atoms with van der Waals surface area (Å²) in [4.78, 5) is 14.9. The van der Waals surface area contributed by atoms with E-state index in [4.69, 9.17) is 0 Å². The van der Waals surface area contributed by atoms with E-state index in [0.717, 1.165) is 37.4 Å². The standard InChI is InChI=1S/C22H25N5O/c28-22(23-20(17-9-10-17)16-6-2-1-3-7-16)26-14-11-18(12-15-26)21-25-24-19-8-4-5-13-27(19)21/h1-8,13,17-18,20H,9-12,14-15H2,(H,23,28). The van der Waals surface area contributed by atoms with E-state index in [1.807, 2.05) is 47.5 Å². The topological polar surface area (TPSA) is 62.5 Å². The van der Waals surface area contributed by atoms with Crippen molar-refractivity contribution in [2.45, 2.75) is 37.6 Å². The number of aromatic nitrogens is 3. The van der Waals surface area contributed by atoms with Crippen molar-refractivity contribution in [1.82, 2.24) is 24.8 Å². The number of hydrogen-bond donors (Lipinski definition) is 1. The van der Waals surface area contributed by atoms with Crippen LogP contribution in [0.5, 0.6) is 0 Å². The fourth-order valence-electron chi connectivity index (χ4n) is 4.27. The lowest BCUT2D eigenvalue weighted by Crippen LogP contribution is -2.45. The van der Waals surface area contributed by atoms with Crippen molar-refractivity contribution >= 4 is 11.7 Å². The van der Waals surface area contributed by atoms with Crippen LogP contribution in [0, 0.1) is 5.92 Å². The molecule has 0 radical (unpaired) electrons. The third kappa shape index (κ3) is 3.35. The van der Waals surface area contributed by atoms with Gasteiger partial charge in [-0.15, -0.1) is 10.2 Å². The first-order valence-electron chi connectivity index (χ1n) is 10.2. The summed E-state index contributed by atoms with van der Waals surface area (Å²) in [6.45, 7) is 1.51. The van der Waals surface area contributed by atoms with Gasteiger partial charge < -0.3 is 10.2 Å². The zero-order chi connectivity index (χ0) is 18.9. The number of carbonyl (C=O) groups excluding carboxylic acids is 1. The van der Waals surface area contributed by atoms with Gasteiger partial charge in [-0.1, -0.05) is 36.4 Å². The molecule has 0 bridgehead atoms. The quantitative estimate of drug-likeness (QED) is 0.755. The summed E-state index contributed by atoms with van der Waals surface area (Å²) >= 11 is 0. The van der Waals surface area contributed by atoms with Crippen molar-refractivity contribution < 1.29 is 4.79 Å². The number of nitrogens with zero attached hydrogens (tertiary/aromatic N) is 4. The molecule has 1 aliphatic carbocycles. The number of nitrogens with one attached hydrogen (secondary N) is 1. The Bertz CT molecular complexity index is 957. The number of rotatable bonds is 4. The van der Waals surface area contributed by atoms with Crippen LogP contribution in [0.15, 0.2) is 54.7 Å². The maximum atomic E-state index is 12.9. The van der Waals surface area contributed by atoms with Crippen LogP contribution < -0.4 is 5.32 Å². The summed E-state index contributed by atoms with van der Waals surface area (Å²) in [5, 5.41) is 12.0. The molecule has 2 fully saturated rings. The molecule has 6 heteroatoms. The first kappa shape index (κ1) is 17.2. The van der Waals surface area contributed by atoms with E-state index >= 15 is 0 Å². The molecule has 144 valence electrons. The lowest BCUT2D eigenvalue weighted by atomic mass is 9.96. The molecule has 1 aromatic carbocycles. The Hall–Kier alpha value is -2.89. The van der Waals surface area contributed by atoms with Crippen LogP contribution in [0.3, 0.4) is 0 Å². The minimum atomic E-state index is 0.0605. The van der Waals surface area contributed by atoms with E-state index in [-0.39, 0.29) is 12.1 Å². The Morgan fingerprint density at radius 2 is 1.71 bits per heavy atom. The van der Waals surface area contributed by atoms with Gasteiger partial charge in [0.2, 0.25) is 0 Å². The normalized spacial score (nSPS) is 18.9. The molecule has 2 aliphatic rings. The van der Waals surface area contributed by atoms with Crippen molar-refractivity contribution in [1.29, 1.82) is 0 Å². The van der Waals surface area contributed by atoms with Crippen molar-refractivity contribution in [3.05, 3.63) is 66.1 Å². The Morgan fingerprint density at radius 1 is 0.964 bits per heavy atom. The second kappa shape index (κ2) is 7.26. The maximum Gasteiger partial charge on any atom is 0.317 e. The minimum Gasteiger partial charge on any atom is -0.331 e. The molecule has 5 rings (SSSR count). The number of pyridine rings is 1. The van der Waals surface area contributed by atoms with Gasteiger partial charge in [-0.3, -0.25) is 4.40 Å². The van der Waals surface area contributed by atoms with Gasteiger partial charge in [0.1, 0.15) is 5.82 Å². The number of fused-ring (bicyclic) bond motifs is 1. The Balaban J connectivity index is 1.23. The number of benzene rings is 1. The van der Waals surface area contributed by atoms with Crippen LogP contribution in [0.1, 0.15) is 49.0 Å². The van der Waals surface area contributed by atoms with Crippen molar-refractivity contribution in [2.24, 2.45) is 5.92 Å². The van der Waals surface area contributed by atoms with Crippen molar-refractivity contribution in [3.8, 4) is 0 Å². The Morgan fingerprint density at radius 3 is 2.46 bits per heavy atom. The predicted octanol–water partition coefficient (Wildman–Crippen LogP) is 3.77. The number of likely N-dealkylation sites (tertiary alicyclic amines) is 1. The van der Waals surface area contributed by atoms with Gasteiger partial charge in [-0.05, 0) is 49.3 Å². The monoisotopic (exact) mass is 375 g/mol. The zero-order valence-electron chi connectivity index (χ0n) is 15.9. The molecule has 2 aromatic heterocycles. The molecular weight excluding hydrogens is 350 g/mol. The van der Waals surface area contributed by atoms with E-state index in [0.29, 0.717) is 11.8 Å². The molecule has 3 aromatic rings. The molecule has 28 heavy (non-hydrogen) atoms. The second-order valence-corrected chi connectivity index (χ2v) is 7.92. The smallest absolute Gasteiger partial charge is 0.317 e. The Kier molecular flexibility index (Phi) is 4.47. The summed E-state index contributed by atoms with van der Waals surface area (Å²) < 4.78 is 2.07. The summed E-state index contributed by atoms with van der Waals surface area (Å²) in [5.74, 6) is 1.93. The van der Waals surface area contributed by atoms with Crippen LogP contribution in [0.2, 0.25) is 0 Å². The average Bonchev–Trinajstić information content (AvgIpc) is 3.51. The molecular formula is C22H25N5O. The highest BCUT2D eigenvalue weighted by Crippen LogP contribution is 2.41. The molecule has 6 nitrogen and oxygen atoms in total. The highest BCUT2D eigenvalue weighted by Gasteiger charge is 2.35. The van der Waals surface area contributed by atoms with Crippen LogP contribution in [0.4, 0.5) is 4.79 Å². The van der Waals surface area contributed by atoms with Gasteiger partial charge in [0.05, 0.1) is 6.04 Å². The second-order valence-electron chi connectivity index (χ2n) is 7.92. The number of urea groups is 1. The largest absolute Gasteiger partial charge is 0.331 e. The van der Waals surface area contributed by atoms with E-state index in [2.05, 4.69) is 32.0 Å². The third-order valence-electron chi connectivity index (χ3n) is 6.02. The maximum absolute atomic E-state index is 12.9. The minimum absolute atomic E-state index is 0.0605. The molecule has 1 atom stereocenters. The fraction of sp³-hybridized carbons (Fsp3) is 0.409. The van der Waals surface area contributed by atoms with Gasteiger partial charge >= 0.3 is 6.03 Å². The van der Waals surface area contributed by atoms with E-state index in [9.17, 15) is 4.79 Å². The highest BCUT2D eigenvalue weighted by atomic mass is 16.2. The molecule has 3 heterocycles. The molecule has 0 spiro atoms. The van der Waals surface area contributed by atoms with Gasteiger partial charge in [0, 0.05) is 25.2 Å². The van der Waals surface area contributed by atoms with Crippen LogP contribution >= 0.6 is 0 Å². The molecule has 2 amide bonds. The molecule has 1 unspecified atom stereocenters. The van der Waals surface area contributed by atoms with Gasteiger partial charge in [-0.2, -0.15) is 0 Å². The SMILES string of the molecule is O=C(NC(c1ccccc1)C1CC1)N1CCC(c2nnc3ccccn23)CC1. The predicted molar refractivity (Wildman–Crippen MR) is 107 cm³/mol. The first-order valence-corrected chi connectivity index (χ1v) is 10.2. The van der Waals surface area contributed by atoms with Crippen LogP contribution in [-0.2, 0) is 0 Å². The zero-order valence-corrected chi connectivity index (χ0v) is 15.9. The number of carbonyl (C=O) groups is 1. The van der Waals surface area contributed by atoms with Gasteiger partial charge in [-0.25, -0.2) is 4.79 Å². The highest BCUT2D eigenvalue weighted by molar-refractivity contribution is 5.75. The van der Waals surface area contributed by atoms with Gasteiger partial charge in [0.15, 0.2) is 5.65 Å². The molecule has 1 aliphatic heterocycles. The van der Waals surface area contributed by atoms with Gasteiger partial charge in [0.25, 0.3) is 0 Å². The number of piperidine rings is 1. The Labute approximate surface area is 164 Å². The summed E-state index contributed by atoms with van der Waals surface area (Å²) in [7, 11) is 0. The average molecular weight is 375 g/mol. The summed E-state index contributed by atoms with van der Waals surface area (Å²) in [5.41, 5.74) is 2.09. The lowest BCUT2D eigenvalue weighted by molar-refractivity contribution is 0.175. The summed E-state index contributed by atoms with van der Waals surface area (Å²) in [6.07, 6.45) is 6.25. The lowest BCUT2D eigenvalue weighted by Gasteiger charge is -2.33. The molecule has 1 saturated heterocycles. The van der Waals surface area contributed by atoms with Crippen molar-refractivity contribution in [3.63, 3.8) is 0 Å². The first-order chi connectivity index (χ1) is 13.8. The molecule has 1 saturated carbocycles.